The van der Waals surface area contributed by atoms with E-state index in [1.807, 2.05) is 54.2 Å². The van der Waals surface area contributed by atoms with E-state index in [1.165, 1.54) is 22.3 Å². The van der Waals surface area contributed by atoms with Gasteiger partial charge in [-0.2, -0.15) is 0 Å². The number of hydrogen-bond donors (Lipinski definition) is 0. The van der Waals surface area contributed by atoms with Gasteiger partial charge in [0, 0.05) is 60.6 Å². The SMILES string of the molecule is c1ccc(Cc2c(Cc3noc4ccccc34)ccc(Cc3ccon3)c2Cc2nccs2)nc1. The van der Waals surface area contributed by atoms with Crippen molar-refractivity contribution in [3.8, 4) is 0 Å². The normalized spacial score (nSPS) is 11.3. The van der Waals surface area contributed by atoms with Crippen LogP contribution in [0.25, 0.3) is 11.0 Å². The fraction of sp³-hybridized carbons (Fsp3) is 0.143. The number of pyridine rings is 1. The summed E-state index contributed by atoms with van der Waals surface area (Å²) in [4.78, 5) is 9.22. The number of para-hydroxylation sites is 1. The van der Waals surface area contributed by atoms with Crippen molar-refractivity contribution in [3.05, 3.63) is 129 Å². The molecule has 0 atom stereocenters. The summed E-state index contributed by atoms with van der Waals surface area (Å²) in [6, 6.07) is 20.4. The first-order valence-corrected chi connectivity index (χ1v) is 12.3. The maximum absolute atomic E-state index is 5.60. The van der Waals surface area contributed by atoms with Crippen molar-refractivity contribution >= 4 is 22.3 Å². The summed E-state index contributed by atoms with van der Waals surface area (Å²) in [6.45, 7) is 0. The number of hydrogen-bond acceptors (Lipinski definition) is 7. The van der Waals surface area contributed by atoms with Gasteiger partial charge < -0.3 is 9.05 Å². The number of nitrogens with zero attached hydrogens (tertiary/aromatic N) is 4. The minimum Gasteiger partial charge on any atom is -0.365 e. The number of thiazole rings is 1. The molecular weight excluding hydrogens is 456 g/mol. The number of benzene rings is 2. The highest BCUT2D eigenvalue weighted by molar-refractivity contribution is 7.09. The first kappa shape index (κ1) is 21.4. The molecular formula is C28H22N4O2S. The molecule has 35 heavy (non-hydrogen) atoms. The van der Waals surface area contributed by atoms with Crippen molar-refractivity contribution in [1.29, 1.82) is 0 Å². The molecule has 0 bridgehead atoms. The summed E-state index contributed by atoms with van der Waals surface area (Å²) in [7, 11) is 0. The predicted octanol–water partition coefficient (Wildman–Crippen LogP) is 6.03. The first-order chi connectivity index (χ1) is 17.3. The second-order valence-corrected chi connectivity index (χ2v) is 9.39. The van der Waals surface area contributed by atoms with Gasteiger partial charge in [0.05, 0.1) is 16.4 Å². The van der Waals surface area contributed by atoms with E-state index in [0.29, 0.717) is 12.8 Å². The maximum Gasteiger partial charge on any atom is 0.167 e. The van der Waals surface area contributed by atoms with Crippen LogP contribution in [-0.4, -0.2) is 20.3 Å². The molecule has 4 aromatic heterocycles. The third kappa shape index (κ3) is 4.63. The van der Waals surface area contributed by atoms with E-state index in [0.717, 1.165) is 45.9 Å². The smallest absolute Gasteiger partial charge is 0.167 e. The molecule has 0 spiro atoms. The molecule has 6 nitrogen and oxygen atoms in total. The van der Waals surface area contributed by atoms with Gasteiger partial charge in [-0.3, -0.25) is 4.98 Å². The predicted molar refractivity (Wildman–Crippen MR) is 135 cm³/mol. The summed E-state index contributed by atoms with van der Waals surface area (Å²) in [5.41, 5.74) is 8.62. The Morgan fingerprint density at radius 1 is 0.686 bits per heavy atom. The summed E-state index contributed by atoms with van der Waals surface area (Å²) in [5.74, 6) is 0. The fourth-order valence-electron chi connectivity index (χ4n) is 4.51. The number of fused-ring (bicyclic) bond motifs is 1. The Bertz CT molecular complexity index is 1540. The minimum absolute atomic E-state index is 0.675. The van der Waals surface area contributed by atoms with E-state index in [-0.39, 0.29) is 0 Å². The van der Waals surface area contributed by atoms with E-state index in [9.17, 15) is 0 Å². The molecule has 0 amide bonds. The van der Waals surface area contributed by atoms with Crippen LogP contribution in [0.1, 0.15) is 44.3 Å². The molecule has 2 aromatic carbocycles. The van der Waals surface area contributed by atoms with Gasteiger partial charge in [-0.15, -0.1) is 11.3 Å². The van der Waals surface area contributed by atoms with Gasteiger partial charge >= 0.3 is 0 Å². The zero-order valence-electron chi connectivity index (χ0n) is 18.9. The average Bonchev–Trinajstić information content (AvgIpc) is 3.67. The largest absolute Gasteiger partial charge is 0.365 e. The van der Waals surface area contributed by atoms with Crippen molar-refractivity contribution < 1.29 is 9.05 Å². The second-order valence-electron chi connectivity index (χ2n) is 8.41. The molecule has 0 saturated carbocycles. The second kappa shape index (κ2) is 9.64. The van der Waals surface area contributed by atoms with E-state index in [4.69, 9.17) is 9.05 Å². The molecule has 0 aliphatic rings. The highest BCUT2D eigenvalue weighted by Gasteiger charge is 2.19. The zero-order chi connectivity index (χ0) is 23.5. The van der Waals surface area contributed by atoms with Crippen molar-refractivity contribution in [3.63, 3.8) is 0 Å². The molecule has 0 fully saturated rings. The van der Waals surface area contributed by atoms with E-state index >= 15 is 0 Å². The summed E-state index contributed by atoms with van der Waals surface area (Å²) in [5, 5.41) is 12.7. The Labute approximate surface area is 206 Å². The molecule has 7 heteroatoms. The Kier molecular flexibility index (Phi) is 5.90. The Hall–Kier alpha value is -4.10. The molecule has 0 unspecified atom stereocenters. The standard InChI is InChI=1S/C28H22N4O2S/c1-2-7-27-23(6-1)26(32-34-27)16-20-9-8-19(15-22-10-13-33-31-22)25(18-28-30-12-14-35-28)24(20)17-21-5-3-4-11-29-21/h1-14H,15-18H2. The van der Waals surface area contributed by atoms with E-state index in [2.05, 4.69) is 44.5 Å². The molecule has 0 saturated heterocycles. The fourth-order valence-corrected chi connectivity index (χ4v) is 5.14. The monoisotopic (exact) mass is 478 g/mol. The van der Waals surface area contributed by atoms with Crippen LogP contribution in [0.2, 0.25) is 0 Å². The van der Waals surface area contributed by atoms with Crippen LogP contribution in [0, 0.1) is 0 Å². The van der Waals surface area contributed by atoms with Gasteiger partial charge in [0.2, 0.25) is 0 Å². The van der Waals surface area contributed by atoms with Crippen molar-refractivity contribution in [2.75, 3.05) is 0 Å². The van der Waals surface area contributed by atoms with Crippen molar-refractivity contribution in [1.82, 2.24) is 20.3 Å². The Morgan fingerprint density at radius 3 is 2.34 bits per heavy atom. The molecule has 172 valence electrons. The molecule has 0 aliphatic carbocycles. The molecule has 4 heterocycles. The van der Waals surface area contributed by atoms with E-state index < -0.39 is 0 Å². The maximum atomic E-state index is 5.60. The highest BCUT2D eigenvalue weighted by Crippen LogP contribution is 2.30. The molecule has 0 aliphatic heterocycles. The van der Waals surface area contributed by atoms with Crippen LogP contribution < -0.4 is 0 Å². The van der Waals surface area contributed by atoms with Gasteiger partial charge in [-0.05, 0) is 46.5 Å². The van der Waals surface area contributed by atoms with Crippen LogP contribution in [0.15, 0.2) is 93.7 Å². The lowest BCUT2D eigenvalue weighted by Gasteiger charge is -2.18. The third-order valence-corrected chi connectivity index (χ3v) is 6.97. The lowest BCUT2D eigenvalue weighted by atomic mass is 9.87. The van der Waals surface area contributed by atoms with Crippen LogP contribution in [0.3, 0.4) is 0 Å². The third-order valence-electron chi connectivity index (χ3n) is 6.19. The van der Waals surface area contributed by atoms with Crippen molar-refractivity contribution in [2.24, 2.45) is 0 Å². The Morgan fingerprint density at radius 2 is 1.54 bits per heavy atom. The minimum atomic E-state index is 0.675. The molecule has 0 radical (unpaired) electrons. The summed E-state index contributed by atoms with van der Waals surface area (Å²) < 4.78 is 10.7. The quantitative estimate of drug-likeness (QED) is 0.266. The highest BCUT2D eigenvalue weighted by atomic mass is 32.1. The molecule has 6 aromatic rings. The lowest BCUT2D eigenvalue weighted by Crippen LogP contribution is -2.09. The van der Waals surface area contributed by atoms with Crippen molar-refractivity contribution in [2.45, 2.75) is 25.7 Å². The van der Waals surface area contributed by atoms with Crippen LogP contribution in [-0.2, 0) is 25.7 Å². The lowest BCUT2D eigenvalue weighted by molar-refractivity contribution is 0.413. The summed E-state index contributed by atoms with van der Waals surface area (Å²) in [6.07, 6.45) is 8.17. The Balaban J connectivity index is 1.48. The molecule has 0 N–H and O–H groups in total. The van der Waals surface area contributed by atoms with Crippen LogP contribution in [0.4, 0.5) is 0 Å². The van der Waals surface area contributed by atoms with Crippen LogP contribution in [0.5, 0.6) is 0 Å². The van der Waals surface area contributed by atoms with Gasteiger partial charge in [-0.1, -0.05) is 40.6 Å². The van der Waals surface area contributed by atoms with Gasteiger partial charge in [0.15, 0.2) is 5.58 Å². The van der Waals surface area contributed by atoms with Crippen LogP contribution >= 0.6 is 11.3 Å². The summed E-state index contributed by atoms with van der Waals surface area (Å²) >= 11 is 1.67. The number of rotatable bonds is 8. The van der Waals surface area contributed by atoms with Gasteiger partial charge in [-0.25, -0.2) is 4.98 Å². The van der Waals surface area contributed by atoms with E-state index in [1.54, 1.807) is 17.6 Å². The first-order valence-electron chi connectivity index (χ1n) is 11.5. The van der Waals surface area contributed by atoms with Gasteiger partial charge in [0.1, 0.15) is 6.26 Å². The zero-order valence-corrected chi connectivity index (χ0v) is 19.7. The average molecular weight is 479 g/mol. The van der Waals surface area contributed by atoms with Gasteiger partial charge in [0.25, 0.3) is 0 Å². The molecule has 6 rings (SSSR count). The topological polar surface area (TPSA) is 77.8 Å². The number of aromatic nitrogens is 4.